The predicted molar refractivity (Wildman–Crippen MR) is 94.6 cm³/mol. The van der Waals surface area contributed by atoms with Crippen molar-refractivity contribution in [1.82, 2.24) is 0 Å². The Morgan fingerprint density at radius 3 is 2.10 bits per heavy atom. The fraction of sp³-hybridized carbons (Fsp3) is 0.765. The molecule has 1 aliphatic carbocycles. The lowest BCUT2D eigenvalue weighted by Gasteiger charge is -2.19. The zero-order valence-electron chi connectivity index (χ0n) is 14.9. The second kappa shape index (κ2) is 17.6. The Bertz CT molecular complexity index is 258. The van der Waals surface area contributed by atoms with E-state index in [2.05, 4.69) is 11.7 Å². The van der Waals surface area contributed by atoms with Crippen molar-refractivity contribution in [3.63, 3.8) is 0 Å². The molecule has 0 heterocycles. The molecule has 0 aliphatic heterocycles. The fourth-order valence-electron chi connectivity index (χ4n) is 1.61. The molecule has 0 aromatic rings. The summed E-state index contributed by atoms with van der Waals surface area (Å²) in [4.78, 5) is 0. The molecule has 0 amide bonds. The van der Waals surface area contributed by atoms with E-state index in [9.17, 15) is 8.78 Å². The van der Waals surface area contributed by atoms with Crippen LogP contribution in [0.5, 0.6) is 0 Å². The van der Waals surface area contributed by atoms with Gasteiger partial charge in [0.15, 0.2) is 0 Å². The third-order valence-corrected chi connectivity index (χ3v) is 2.52. The van der Waals surface area contributed by atoms with Gasteiger partial charge < -0.3 is 4.74 Å². The van der Waals surface area contributed by atoms with Crippen LogP contribution in [0.15, 0.2) is 24.0 Å². The number of hydrogen-bond donors (Lipinski definition) is 0. The van der Waals surface area contributed by atoms with Gasteiger partial charge in [-0.25, -0.2) is 0 Å². The SMILES string of the molecule is CC.CC.CC.CCC1/C=C(/OC(F)(F)P)C/C=C\CC1. The summed E-state index contributed by atoms with van der Waals surface area (Å²) < 4.78 is 29.9. The highest BCUT2D eigenvalue weighted by Gasteiger charge is 2.24. The minimum absolute atomic E-state index is 0.345. The van der Waals surface area contributed by atoms with Crippen molar-refractivity contribution < 1.29 is 13.5 Å². The first-order valence-electron chi connectivity index (χ1n) is 8.22. The molecule has 0 aromatic carbocycles. The molecular formula is C17H35F2OP. The van der Waals surface area contributed by atoms with Gasteiger partial charge in [0.05, 0.1) is 0 Å². The van der Waals surface area contributed by atoms with Crippen LogP contribution >= 0.6 is 9.24 Å². The van der Waals surface area contributed by atoms with Gasteiger partial charge in [-0.15, -0.1) is 0 Å². The molecule has 4 heteroatoms. The van der Waals surface area contributed by atoms with Crippen molar-refractivity contribution in [2.24, 2.45) is 5.92 Å². The Kier molecular flexibility index (Phi) is 21.4. The van der Waals surface area contributed by atoms with Crippen LogP contribution in [0.2, 0.25) is 0 Å². The number of ether oxygens (including phenoxy) is 1. The summed E-state index contributed by atoms with van der Waals surface area (Å²) in [5, 5.41) is 0. The summed E-state index contributed by atoms with van der Waals surface area (Å²) >= 11 is 0. The molecule has 0 bridgehead atoms. The topological polar surface area (TPSA) is 9.23 Å². The van der Waals surface area contributed by atoms with Crippen LogP contribution in [0.3, 0.4) is 0 Å². The van der Waals surface area contributed by atoms with Gasteiger partial charge >= 0.3 is 5.85 Å². The average Bonchev–Trinajstić information content (AvgIpc) is 2.47. The number of halogens is 2. The second-order valence-corrected chi connectivity index (χ2v) is 4.39. The smallest absolute Gasteiger partial charge is 0.408 e. The van der Waals surface area contributed by atoms with Crippen molar-refractivity contribution in [2.45, 2.75) is 80.0 Å². The minimum Gasteiger partial charge on any atom is -0.434 e. The third-order valence-electron chi connectivity index (χ3n) is 2.40. The van der Waals surface area contributed by atoms with Gasteiger partial charge in [-0.1, -0.05) is 60.6 Å². The van der Waals surface area contributed by atoms with E-state index in [4.69, 9.17) is 0 Å². The van der Waals surface area contributed by atoms with E-state index >= 15 is 0 Å². The summed E-state index contributed by atoms with van der Waals surface area (Å²) in [6, 6.07) is 0. The van der Waals surface area contributed by atoms with Crippen molar-refractivity contribution in [2.75, 3.05) is 0 Å². The van der Waals surface area contributed by atoms with Gasteiger partial charge in [-0.2, -0.15) is 8.78 Å². The molecule has 1 aliphatic rings. The largest absolute Gasteiger partial charge is 0.434 e. The van der Waals surface area contributed by atoms with Crippen LogP contribution in [-0.2, 0) is 4.74 Å². The molecule has 2 atom stereocenters. The maximum atomic E-state index is 12.6. The Morgan fingerprint density at radius 1 is 1.14 bits per heavy atom. The van der Waals surface area contributed by atoms with Gasteiger partial charge in [0.2, 0.25) is 0 Å². The lowest BCUT2D eigenvalue weighted by atomic mass is 9.97. The molecular weight excluding hydrogens is 289 g/mol. The average molecular weight is 324 g/mol. The standard InChI is InChI=1S/C11H17F2OP.3C2H6/c1-2-9-6-4-3-5-7-10(8-9)14-11(12,13)15;3*1-2/h3,5,8-9H,2,4,6-7,15H2,1H3;3*1-2H3/b5-3-,10-8+;;;. The Hall–Kier alpha value is -0.430. The summed E-state index contributed by atoms with van der Waals surface area (Å²) in [6.45, 7) is 14.1. The van der Waals surface area contributed by atoms with E-state index in [1.54, 1.807) is 0 Å². The predicted octanol–water partition coefficient (Wildman–Crippen LogP) is 7.16. The molecule has 1 rings (SSSR count). The molecule has 0 radical (unpaired) electrons. The molecule has 0 N–H and O–H groups in total. The number of allylic oxidation sites excluding steroid dienone is 3. The monoisotopic (exact) mass is 324 g/mol. The van der Waals surface area contributed by atoms with Crippen molar-refractivity contribution in [3.05, 3.63) is 24.0 Å². The van der Waals surface area contributed by atoms with E-state index in [0.29, 0.717) is 18.1 Å². The number of alkyl halides is 2. The Balaban J connectivity index is -0.000000478. The first kappa shape index (κ1) is 25.5. The van der Waals surface area contributed by atoms with E-state index in [1.165, 1.54) is 9.24 Å². The van der Waals surface area contributed by atoms with Crippen LogP contribution in [-0.4, -0.2) is 5.85 Å². The molecule has 0 saturated heterocycles. The quantitative estimate of drug-likeness (QED) is 0.395. The third kappa shape index (κ3) is 17.5. The lowest BCUT2D eigenvalue weighted by Crippen LogP contribution is -2.12. The highest BCUT2D eigenvalue weighted by Crippen LogP contribution is 2.30. The molecule has 21 heavy (non-hydrogen) atoms. The van der Waals surface area contributed by atoms with Gasteiger partial charge in [0, 0.05) is 6.42 Å². The molecule has 1 nitrogen and oxygen atoms in total. The summed E-state index contributed by atoms with van der Waals surface area (Å²) in [6.07, 6.45) is 9.18. The highest BCUT2D eigenvalue weighted by molar-refractivity contribution is 7.17. The van der Waals surface area contributed by atoms with Crippen molar-refractivity contribution >= 4 is 9.24 Å². The normalized spacial score (nSPS) is 21.2. The zero-order chi connectivity index (χ0) is 17.3. The molecule has 0 aromatic heterocycles. The summed E-state index contributed by atoms with van der Waals surface area (Å²) in [5.41, 5.74) is 0. The van der Waals surface area contributed by atoms with Crippen molar-refractivity contribution in [3.8, 4) is 0 Å². The van der Waals surface area contributed by atoms with Gasteiger partial charge in [0.1, 0.15) is 5.76 Å². The fourth-order valence-corrected chi connectivity index (χ4v) is 1.77. The maximum absolute atomic E-state index is 12.6. The van der Waals surface area contributed by atoms with Crippen LogP contribution in [0.1, 0.15) is 74.1 Å². The highest BCUT2D eigenvalue weighted by atomic mass is 31.0. The van der Waals surface area contributed by atoms with E-state index in [1.807, 2.05) is 59.8 Å². The molecule has 0 fully saturated rings. The lowest BCUT2D eigenvalue weighted by molar-refractivity contribution is -0.135. The number of rotatable bonds is 3. The summed E-state index contributed by atoms with van der Waals surface area (Å²) in [7, 11) is 1.40. The first-order valence-corrected chi connectivity index (χ1v) is 8.80. The van der Waals surface area contributed by atoms with Crippen LogP contribution in [0.4, 0.5) is 8.78 Å². The van der Waals surface area contributed by atoms with Gasteiger partial charge in [-0.05, 0) is 40.5 Å². The van der Waals surface area contributed by atoms with Gasteiger partial charge in [0.25, 0.3) is 0 Å². The Labute approximate surface area is 133 Å². The second-order valence-electron chi connectivity index (χ2n) is 3.72. The Morgan fingerprint density at radius 2 is 1.67 bits per heavy atom. The molecule has 2 unspecified atom stereocenters. The van der Waals surface area contributed by atoms with Crippen LogP contribution in [0, 0.1) is 5.92 Å². The summed E-state index contributed by atoms with van der Waals surface area (Å²) in [5.74, 6) is -2.44. The van der Waals surface area contributed by atoms with Crippen molar-refractivity contribution in [1.29, 1.82) is 0 Å². The van der Waals surface area contributed by atoms with E-state index in [0.717, 1.165) is 19.3 Å². The molecule has 128 valence electrons. The van der Waals surface area contributed by atoms with Crippen LogP contribution in [0.25, 0.3) is 0 Å². The number of hydrogen-bond acceptors (Lipinski definition) is 1. The minimum atomic E-state index is -3.16. The maximum Gasteiger partial charge on any atom is 0.408 e. The van der Waals surface area contributed by atoms with Gasteiger partial charge in [-0.3, -0.25) is 0 Å². The molecule has 0 spiro atoms. The van der Waals surface area contributed by atoms with Crippen LogP contribution < -0.4 is 0 Å². The zero-order valence-corrected chi connectivity index (χ0v) is 16.0. The van der Waals surface area contributed by atoms with E-state index < -0.39 is 5.85 Å². The first-order chi connectivity index (χ1) is 10.0. The molecule has 0 saturated carbocycles. The van der Waals surface area contributed by atoms with E-state index in [-0.39, 0.29) is 0 Å².